The van der Waals surface area contributed by atoms with Crippen molar-refractivity contribution in [3.8, 4) is 0 Å². The smallest absolute Gasteiger partial charge is 0.338 e. The maximum absolute atomic E-state index is 11.7. The molecule has 0 heterocycles. The quantitative estimate of drug-likeness (QED) is 0.393. The zero-order valence-corrected chi connectivity index (χ0v) is 10.6. The number of nitroso groups, excluding NO2 is 1. The lowest BCUT2D eigenvalue weighted by Gasteiger charge is -2.06. The van der Waals surface area contributed by atoms with Crippen LogP contribution >= 0.6 is 0 Å². The number of anilines is 1. The van der Waals surface area contributed by atoms with Crippen molar-refractivity contribution in [3.05, 3.63) is 59.0 Å². The van der Waals surface area contributed by atoms with Gasteiger partial charge in [-0.05, 0) is 53.7 Å². The molecule has 0 fully saturated rings. The topological polar surface area (TPSA) is 97.2 Å². The summed E-state index contributed by atoms with van der Waals surface area (Å²) in [7, 11) is 0. The second-order valence-electron chi connectivity index (χ2n) is 3.88. The molecule has 21 heavy (non-hydrogen) atoms. The number of hydrogen-bond acceptors (Lipinski definition) is 7. The van der Waals surface area contributed by atoms with Crippen LogP contribution in [0.5, 0.6) is 0 Å². The third-order valence-electron chi connectivity index (χ3n) is 2.51. The van der Waals surface area contributed by atoms with Crippen LogP contribution in [0, 0.1) is 4.91 Å². The minimum Gasteiger partial charge on any atom is -0.338 e. The van der Waals surface area contributed by atoms with E-state index in [4.69, 9.17) is 4.84 Å². The SMILES string of the molecule is O=C=Nc1ccc(C(=O)ONc2ccc(N=O)cc2)cc1. The van der Waals surface area contributed by atoms with Crippen LogP contribution < -0.4 is 5.48 Å². The Bertz CT molecular complexity index is 689. The number of aliphatic imine (C=N–C) groups is 1. The van der Waals surface area contributed by atoms with Crippen LogP contribution in [0.2, 0.25) is 0 Å². The molecule has 104 valence electrons. The summed E-state index contributed by atoms with van der Waals surface area (Å²) < 4.78 is 0. The van der Waals surface area contributed by atoms with E-state index in [0.29, 0.717) is 16.9 Å². The van der Waals surface area contributed by atoms with Crippen molar-refractivity contribution in [3.63, 3.8) is 0 Å². The van der Waals surface area contributed by atoms with Crippen LogP contribution in [-0.4, -0.2) is 12.0 Å². The molecule has 0 unspecified atom stereocenters. The molecule has 2 aromatic rings. The Morgan fingerprint density at radius 2 is 1.62 bits per heavy atom. The number of nitrogens with zero attached hydrogens (tertiary/aromatic N) is 2. The van der Waals surface area contributed by atoms with E-state index in [-0.39, 0.29) is 5.69 Å². The Morgan fingerprint density at radius 3 is 2.19 bits per heavy atom. The second-order valence-corrected chi connectivity index (χ2v) is 3.88. The first-order chi connectivity index (χ1) is 10.2. The molecular formula is C14H9N3O4. The first-order valence-corrected chi connectivity index (χ1v) is 5.81. The lowest BCUT2D eigenvalue weighted by atomic mass is 10.2. The van der Waals surface area contributed by atoms with E-state index in [1.54, 1.807) is 12.1 Å². The minimum atomic E-state index is -0.603. The van der Waals surface area contributed by atoms with Crippen molar-refractivity contribution < 1.29 is 14.4 Å². The highest BCUT2D eigenvalue weighted by molar-refractivity contribution is 5.90. The molecule has 0 spiro atoms. The van der Waals surface area contributed by atoms with Gasteiger partial charge in [0.05, 0.1) is 16.9 Å². The van der Waals surface area contributed by atoms with Gasteiger partial charge >= 0.3 is 5.97 Å². The summed E-state index contributed by atoms with van der Waals surface area (Å²) in [5.41, 5.74) is 3.91. The third kappa shape index (κ3) is 3.82. The number of isocyanates is 1. The molecule has 0 amide bonds. The average molecular weight is 283 g/mol. The van der Waals surface area contributed by atoms with E-state index in [2.05, 4.69) is 15.6 Å². The molecule has 0 aliphatic heterocycles. The van der Waals surface area contributed by atoms with Crippen molar-refractivity contribution in [2.75, 3.05) is 5.48 Å². The van der Waals surface area contributed by atoms with Crippen LogP contribution in [-0.2, 0) is 9.63 Å². The summed E-state index contributed by atoms with van der Waals surface area (Å²) >= 11 is 0. The molecule has 0 radical (unpaired) electrons. The number of rotatable bonds is 5. The highest BCUT2D eigenvalue weighted by atomic mass is 16.7. The monoisotopic (exact) mass is 283 g/mol. The van der Waals surface area contributed by atoms with Gasteiger partial charge in [-0.3, -0.25) is 0 Å². The van der Waals surface area contributed by atoms with Crippen LogP contribution in [0.1, 0.15) is 10.4 Å². The van der Waals surface area contributed by atoms with Crippen molar-refractivity contribution >= 4 is 29.1 Å². The highest BCUT2D eigenvalue weighted by Crippen LogP contribution is 2.16. The third-order valence-corrected chi connectivity index (χ3v) is 2.51. The zero-order valence-electron chi connectivity index (χ0n) is 10.6. The fraction of sp³-hybridized carbons (Fsp3) is 0. The van der Waals surface area contributed by atoms with E-state index in [1.807, 2.05) is 0 Å². The zero-order chi connectivity index (χ0) is 15.1. The molecule has 7 heteroatoms. The highest BCUT2D eigenvalue weighted by Gasteiger charge is 2.07. The van der Waals surface area contributed by atoms with Gasteiger partial charge in [0, 0.05) is 0 Å². The molecule has 0 saturated carbocycles. The predicted octanol–water partition coefficient (Wildman–Crippen LogP) is 3.24. The van der Waals surface area contributed by atoms with Gasteiger partial charge in [0.2, 0.25) is 6.08 Å². The Morgan fingerprint density at radius 1 is 1.00 bits per heavy atom. The van der Waals surface area contributed by atoms with Crippen LogP contribution in [0.3, 0.4) is 0 Å². The van der Waals surface area contributed by atoms with Gasteiger partial charge in [0.1, 0.15) is 5.69 Å². The van der Waals surface area contributed by atoms with Gasteiger partial charge < -0.3 is 4.84 Å². The first-order valence-electron chi connectivity index (χ1n) is 5.81. The van der Waals surface area contributed by atoms with Crippen molar-refractivity contribution in [1.29, 1.82) is 0 Å². The van der Waals surface area contributed by atoms with Crippen LogP contribution in [0.25, 0.3) is 0 Å². The van der Waals surface area contributed by atoms with Crippen LogP contribution in [0.4, 0.5) is 17.1 Å². The van der Waals surface area contributed by atoms with Gasteiger partial charge in [-0.15, -0.1) is 4.91 Å². The largest absolute Gasteiger partial charge is 0.362 e. The molecule has 0 atom stereocenters. The van der Waals surface area contributed by atoms with Crippen LogP contribution in [0.15, 0.2) is 58.7 Å². The molecule has 2 aromatic carbocycles. The number of benzene rings is 2. The van der Waals surface area contributed by atoms with E-state index >= 15 is 0 Å². The standard InChI is InChI=1S/C14H9N3O4/c18-9-15-11-3-1-10(2-4-11)14(19)21-17-13-7-5-12(16-20)6-8-13/h1-8,17H. The van der Waals surface area contributed by atoms with Gasteiger partial charge in [-0.2, -0.15) is 4.99 Å². The molecule has 7 nitrogen and oxygen atoms in total. The molecule has 0 saturated heterocycles. The minimum absolute atomic E-state index is 0.276. The predicted molar refractivity (Wildman–Crippen MR) is 75.2 cm³/mol. The van der Waals surface area contributed by atoms with E-state index in [9.17, 15) is 14.5 Å². The number of carbonyl (C=O) groups excluding carboxylic acids is 2. The molecule has 0 aromatic heterocycles. The lowest BCUT2D eigenvalue weighted by Crippen LogP contribution is -2.10. The van der Waals surface area contributed by atoms with E-state index in [0.717, 1.165) is 0 Å². The van der Waals surface area contributed by atoms with Gasteiger partial charge in [0.15, 0.2) is 0 Å². The van der Waals surface area contributed by atoms with Crippen molar-refractivity contribution in [1.82, 2.24) is 0 Å². The van der Waals surface area contributed by atoms with Crippen molar-refractivity contribution in [2.24, 2.45) is 10.2 Å². The summed E-state index contributed by atoms with van der Waals surface area (Å²) in [5.74, 6) is -0.603. The number of hydrogen-bond donors (Lipinski definition) is 1. The summed E-state index contributed by atoms with van der Waals surface area (Å²) in [6, 6.07) is 12.0. The summed E-state index contributed by atoms with van der Waals surface area (Å²) in [5, 5.41) is 2.76. The summed E-state index contributed by atoms with van der Waals surface area (Å²) in [4.78, 5) is 40.4. The molecule has 0 aliphatic rings. The normalized spacial score (nSPS) is 9.33. The van der Waals surface area contributed by atoms with E-state index < -0.39 is 5.97 Å². The Kier molecular flexibility index (Phi) is 4.53. The van der Waals surface area contributed by atoms with Gasteiger partial charge in [-0.25, -0.2) is 15.1 Å². The number of carbonyl (C=O) groups is 1. The molecule has 0 bridgehead atoms. The summed E-state index contributed by atoms with van der Waals surface area (Å²) in [6.07, 6.45) is 1.41. The van der Waals surface area contributed by atoms with Crippen molar-refractivity contribution in [2.45, 2.75) is 0 Å². The summed E-state index contributed by atoms with van der Waals surface area (Å²) in [6.45, 7) is 0. The molecular weight excluding hydrogens is 274 g/mol. The number of nitrogens with one attached hydrogen (secondary N) is 1. The Hall–Kier alpha value is -3.31. The second kappa shape index (κ2) is 6.74. The fourth-order valence-corrected chi connectivity index (χ4v) is 1.48. The Labute approximate surface area is 119 Å². The first kappa shape index (κ1) is 14.1. The fourth-order valence-electron chi connectivity index (χ4n) is 1.48. The van der Waals surface area contributed by atoms with Gasteiger partial charge in [-0.1, -0.05) is 0 Å². The average Bonchev–Trinajstić information content (AvgIpc) is 2.54. The van der Waals surface area contributed by atoms with Gasteiger partial charge in [0.25, 0.3) is 0 Å². The maximum atomic E-state index is 11.7. The molecule has 0 aliphatic carbocycles. The molecule has 2 rings (SSSR count). The molecule has 1 N–H and O–H groups in total. The lowest BCUT2D eigenvalue weighted by molar-refractivity contribution is 0.0596. The van der Waals surface area contributed by atoms with E-state index in [1.165, 1.54) is 42.5 Å². The maximum Gasteiger partial charge on any atom is 0.362 e. The Balaban J connectivity index is 1.97.